The highest BCUT2D eigenvalue weighted by Crippen LogP contribution is 2.39. The Balaban J connectivity index is 1.65. The summed E-state index contributed by atoms with van der Waals surface area (Å²) in [4.78, 5) is 14.7. The Labute approximate surface area is 135 Å². The molecule has 1 N–H and O–H groups in total. The first-order valence-corrected chi connectivity index (χ1v) is 8.65. The Kier molecular flexibility index (Phi) is 4.36. The Morgan fingerprint density at radius 3 is 2.48 bits per heavy atom. The molecule has 2 heterocycles. The molecule has 1 amide bonds. The molecule has 1 aromatic carbocycles. The van der Waals surface area contributed by atoms with Gasteiger partial charge in [-0.1, -0.05) is 22.0 Å². The molecule has 0 aliphatic carbocycles. The zero-order valence-corrected chi connectivity index (χ0v) is 14.2. The van der Waals surface area contributed by atoms with Crippen molar-refractivity contribution in [2.45, 2.75) is 32.6 Å². The van der Waals surface area contributed by atoms with Crippen LogP contribution in [0.5, 0.6) is 0 Å². The van der Waals surface area contributed by atoms with Crippen LogP contribution >= 0.6 is 15.9 Å². The lowest BCUT2D eigenvalue weighted by molar-refractivity contribution is 0.0495. The molecule has 4 heteroatoms. The summed E-state index contributed by atoms with van der Waals surface area (Å²) in [6.07, 6.45) is 4.86. The lowest BCUT2D eigenvalue weighted by atomic mass is 9.71. The van der Waals surface area contributed by atoms with Crippen molar-refractivity contribution in [3.63, 3.8) is 0 Å². The molecule has 3 rings (SSSR count). The van der Waals surface area contributed by atoms with Crippen LogP contribution in [0, 0.1) is 12.3 Å². The molecule has 1 spiro atoms. The fourth-order valence-electron chi connectivity index (χ4n) is 3.55. The maximum absolute atomic E-state index is 12.6. The smallest absolute Gasteiger partial charge is 0.253 e. The predicted octanol–water partition coefficient (Wildman–Crippen LogP) is 3.36. The van der Waals surface area contributed by atoms with E-state index in [9.17, 15) is 4.79 Å². The molecule has 0 bridgehead atoms. The SMILES string of the molecule is Cc1ccc(C(=O)N2CCC3(CCNCC3)CC2)cc1Br. The number of likely N-dealkylation sites (tertiary alicyclic amines) is 1. The number of rotatable bonds is 1. The van der Waals surface area contributed by atoms with Gasteiger partial charge in [0.05, 0.1) is 0 Å². The standard InChI is InChI=1S/C17H23BrN2O/c1-13-2-3-14(12-15(13)18)16(21)20-10-6-17(7-11-20)4-8-19-9-5-17/h2-3,12,19H,4-11H2,1H3. The fourth-order valence-corrected chi connectivity index (χ4v) is 3.93. The van der Waals surface area contributed by atoms with Gasteiger partial charge < -0.3 is 10.2 Å². The summed E-state index contributed by atoms with van der Waals surface area (Å²) >= 11 is 3.52. The van der Waals surface area contributed by atoms with E-state index >= 15 is 0 Å². The van der Waals surface area contributed by atoms with Gasteiger partial charge in [0.15, 0.2) is 0 Å². The number of hydrogen-bond acceptors (Lipinski definition) is 2. The van der Waals surface area contributed by atoms with Crippen molar-refractivity contribution in [1.29, 1.82) is 0 Å². The van der Waals surface area contributed by atoms with E-state index in [0.29, 0.717) is 5.41 Å². The molecule has 2 fully saturated rings. The monoisotopic (exact) mass is 350 g/mol. The van der Waals surface area contributed by atoms with E-state index in [0.717, 1.165) is 49.1 Å². The highest BCUT2D eigenvalue weighted by Gasteiger charge is 2.36. The van der Waals surface area contributed by atoms with Crippen molar-refractivity contribution in [1.82, 2.24) is 10.2 Å². The number of amides is 1. The van der Waals surface area contributed by atoms with E-state index in [1.165, 1.54) is 18.4 Å². The minimum absolute atomic E-state index is 0.180. The molecule has 0 saturated carbocycles. The van der Waals surface area contributed by atoms with Gasteiger partial charge in [-0.3, -0.25) is 4.79 Å². The molecule has 114 valence electrons. The second-order valence-corrected chi connectivity index (χ2v) is 7.36. The third kappa shape index (κ3) is 3.16. The van der Waals surface area contributed by atoms with Gasteiger partial charge in [0.1, 0.15) is 0 Å². The molecule has 0 atom stereocenters. The zero-order chi connectivity index (χ0) is 14.9. The van der Waals surface area contributed by atoms with Gasteiger partial charge in [-0.2, -0.15) is 0 Å². The van der Waals surface area contributed by atoms with Crippen molar-refractivity contribution in [3.8, 4) is 0 Å². The first-order chi connectivity index (χ1) is 10.1. The van der Waals surface area contributed by atoms with Crippen molar-refractivity contribution >= 4 is 21.8 Å². The van der Waals surface area contributed by atoms with Crippen LogP contribution in [-0.2, 0) is 0 Å². The quantitative estimate of drug-likeness (QED) is 0.842. The fraction of sp³-hybridized carbons (Fsp3) is 0.588. The zero-order valence-electron chi connectivity index (χ0n) is 12.6. The van der Waals surface area contributed by atoms with Crippen molar-refractivity contribution in [2.75, 3.05) is 26.2 Å². The van der Waals surface area contributed by atoms with E-state index in [-0.39, 0.29) is 5.91 Å². The molecule has 3 nitrogen and oxygen atoms in total. The summed E-state index contributed by atoms with van der Waals surface area (Å²) < 4.78 is 1.01. The average Bonchev–Trinajstić information content (AvgIpc) is 2.51. The second kappa shape index (κ2) is 6.09. The Morgan fingerprint density at radius 2 is 1.86 bits per heavy atom. The molecule has 2 aliphatic heterocycles. The molecule has 0 aromatic heterocycles. The number of halogens is 1. The van der Waals surface area contributed by atoms with Gasteiger partial charge in [0.2, 0.25) is 0 Å². The van der Waals surface area contributed by atoms with Crippen LogP contribution in [-0.4, -0.2) is 37.0 Å². The van der Waals surface area contributed by atoms with Gasteiger partial charge in [0, 0.05) is 23.1 Å². The van der Waals surface area contributed by atoms with Gasteiger partial charge in [-0.15, -0.1) is 0 Å². The number of piperidine rings is 2. The lowest BCUT2D eigenvalue weighted by Crippen LogP contribution is -2.47. The molecule has 2 saturated heterocycles. The van der Waals surface area contributed by atoms with Gasteiger partial charge >= 0.3 is 0 Å². The number of carbonyl (C=O) groups excluding carboxylic acids is 1. The highest BCUT2D eigenvalue weighted by atomic mass is 79.9. The van der Waals surface area contributed by atoms with Crippen LogP contribution in [0.4, 0.5) is 0 Å². The van der Waals surface area contributed by atoms with E-state index in [2.05, 4.69) is 21.2 Å². The average molecular weight is 351 g/mol. The van der Waals surface area contributed by atoms with Crippen LogP contribution < -0.4 is 5.32 Å². The maximum Gasteiger partial charge on any atom is 0.253 e. The van der Waals surface area contributed by atoms with Crippen LogP contribution in [0.1, 0.15) is 41.6 Å². The van der Waals surface area contributed by atoms with E-state index in [1.54, 1.807) is 0 Å². The third-order valence-corrected chi connectivity index (χ3v) is 6.05. The Bertz CT molecular complexity index is 528. The largest absolute Gasteiger partial charge is 0.339 e. The number of nitrogens with one attached hydrogen (secondary N) is 1. The number of nitrogens with zero attached hydrogens (tertiary/aromatic N) is 1. The molecular formula is C17H23BrN2O. The first kappa shape index (κ1) is 15.0. The summed E-state index contributed by atoms with van der Waals surface area (Å²) in [5, 5.41) is 3.44. The third-order valence-electron chi connectivity index (χ3n) is 5.19. The molecule has 0 unspecified atom stereocenters. The minimum atomic E-state index is 0.180. The van der Waals surface area contributed by atoms with Crippen LogP contribution in [0.15, 0.2) is 22.7 Å². The number of carbonyl (C=O) groups is 1. The molecule has 21 heavy (non-hydrogen) atoms. The van der Waals surface area contributed by atoms with E-state index < -0.39 is 0 Å². The van der Waals surface area contributed by atoms with Crippen LogP contribution in [0.25, 0.3) is 0 Å². The Hall–Kier alpha value is -0.870. The molecule has 1 aromatic rings. The second-order valence-electron chi connectivity index (χ2n) is 6.51. The molecular weight excluding hydrogens is 328 g/mol. The van der Waals surface area contributed by atoms with Crippen LogP contribution in [0.2, 0.25) is 0 Å². The summed E-state index contributed by atoms with van der Waals surface area (Å²) in [5.74, 6) is 0.180. The summed E-state index contributed by atoms with van der Waals surface area (Å²) in [7, 11) is 0. The highest BCUT2D eigenvalue weighted by molar-refractivity contribution is 9.10. The maximum atomic E-state index is 12.6. The van der Waals surface area contributed by atoms with Crippen LogP contribution in [0.3, 0.4) is 0 Å². The topological polar surface area (TPSA) is 32.3 Å². The van der Waals surface area contributed by atoms with Gasteiger partial charge in [-0.05, 0) is 68.8 Å². The summed E-state index contributed by atoms with van der Waals surface area (Å²) in [6, 6.07) is 5.90. The lowest BCUT2D eigenvalue weighted by Gasteiger charge is -2.44. The number of benzene rings is 1. The van der Waals surface area contributed by atoms with Gasteiger partial charge in [0.25, 0.3) is 5.91 Å². The summed E-state index contributed by atoms with van der Waals surface area (Å²) in [6.45, 7) is 6.13. The molecule has 2 aliphatic rings. The normalized spacial score (nSPS) is 21.5. The van der Waals surface area contributed by atoms with E-state index in [1.807, 2.05) is 30.0 Å². The van der Waals surface area contributed by atoms with Crippen molar-refractivity contribution < 1.29 is 4.79 Å². The van der Waals surface area contributed by atoms with Crippen molar-refractivity contribution in [3.05, 3.63) is 33.8 Å². The molecule has 0 radical (unpaired) electrons. The van der Waals surface area contributed by atoms with Gasteiger partial charge in [-0.25, -0.2) is 0 Å². The minimum Gasteiger partial charge on any atom is -0.339 e. The summed E-state index contributed by atoms with van der Waals surface area (Å²) in [5.41, 5.74) is 2.46. The number of hydrogen-bond donors (Lipinski definition) is 1. The van der Waals surface area contributed by atoms with Crippen molar-refractivity contribution in [2.24, 2.45) is 5.41 Å². The Morgan fingerprint density at radius 1 is 1.19 bits per heavy atom. The van der Waals surface area contributed by atoms with E-state index in [4.69, 9.17) is 0 Å². The number of aryl methyl sites for hydroxylation is 1. The predicted molar refractivity (Wildman–Crippen MR) is 88.6 cm³/mol. The first-order valence-electron chi connectivity index (χ1n) is 7.86.